The molecule has 1 aromatic heterocycles. The van der Waals surface area contributed by atoms with Gasteiger partial charge in [0.25, 0.3) is 0 Å². The minimum absolute atomic E-state index is 0.380. The molecule has 0 spiro atoms. The summed E-state index contributed by atoms with van der Waals surface area (Å²) >= 11 is 0. The number of nitrogens with one attached hydrogen (secondary N) is 1. The molecule has 1 unspecified atom stereocenters. The van der Waals surface area contributed by atoms with Crippen LogP contribution in [0.4, 0.5) is 0 Å². The first kappa shape index (κ1) is 10.6. The number of hydrogen-bond donors (Lipinski definition) is 1. The largest absolute Gasteiger partial charge is 0.379 e. The Hall–Kier alpha value is -0.940. The predicted molar refractivity (Wildman–Crippen MR) is 56.5 cm³/mol. The molecular weight excluding hydrogens is 192 g/mol. The van der Waals surface area contributed by atoms with Gasteiger partial charge < -0.3 is 10.1 Å². The van der Waals surface area contributed by atoms with Crippen molar-refractivity contribution in [2.75, 3.05) is 13.2 Å². The molecule has 15 heavy (non-hydrogen) atoms. The van der Waals surface area contributed by atoms with Crippen LogP contribution in [0.5, 0.6) is 0 Å². The van der Waals surface area contributed by atoms with E-state index in [9.17, 15) is 0 Å². The third-order valence-electron chi connectivity index (χ3n) is 2.53. The average Bonchev–Trinajstić information content (AvgIpc) is 2.85. The highest BCUT2D eigenvalue weighted by atomic mass is 16.5. The standard InChI is InChI=1S/C10H18N4O/c1-8(2)11-5-9-6-14(13-12-9)10-3-4-15-7-10/h6,8,10-11H,3-5,7H2,1-2H3. The van der Waals surface area contributed by atoms with Gasteiger partial charge in [-0.05, 0) is 6.42 Å². The lowest BCUT2D eigenvalue weighted by Gasteiger charge is -2.06. The molecule has 1 atom stereocenters. The van der Waals surface area contributed by atoms with Crippen molar-refractivity contribution >= 4 is 0 Å². The molecule has 1 N–H and O–H groups in total. The van der Waals surface area contributed by atoms with Gasteiger partial charge >= 0.3 is 0 Å². The highest BCUT2D eigenvalue weighted by molar-refractivity contribution is 4.93. The molecule has 1 aliphatic rings. The van der Waals surface area contributed by atoms with Crippen molar-refractivity contribution in [3.63, 3.8) is 0 Å². The zero-order chi connectivity index (χ0) is 10.7. The van der Waals surface area contributed by atoms with Crippen LogP contribution >= 0.6 is 0 Å². The van der Waals surface area contributed by atoms with E-state index < -0.39 is 0 Å². The highest BCUT2D eigenvalue weighted by Gasteiger charge is 2.18. The third kappa shape index (κ3) is 2.76. The Balaban J connectivity index is 1.91. The maximum Gasteiger partial charge on any atom is 0.0965 e. The van der Waals surface area contributed by atoms with Crippen molar-refractivity contribution in [2.24, 2.45) is 0 Å². The molecule has 84 valence electrons. The molecule has 0 aromatic carbocycles. The van der Waals surface area contributed by atoms with E-state index in [1.54, 1.807) is 0 Å². The van der Waals surface area contributed by atoms with Gasteiger partial charge in [0.15, 0.2) is 0 Å². The summed E-state index contributed by atoms with van der Waals surface area (Å²) in [7, 11) is 0. The van der Waals surface area contributed by atoms with E-state index in [4.69, 9.17) is 4.74 Å². The summed E-state index contributed by atoms with van der Waals surface area (Å²) in [6, 6.07) is 0.857. The normalized spacial score (nSPS) is 21.4. The Morgan fingerprint density at radius 2 is 2.53 bits per heavy atom. The average molecular weight is 210 g/mol. The fourth-order valence-electron chi connectivity index (χ4n) is 1.61. The van der Waals surface area contributed by atoms with E-state index in [0.29, 0.717) is 12.1 Å². The van der Waals surface area contributed by atoms with Crippen molar-refractivity contribution < 1.29 is 4.74 Å². The summed E-state index contributed by atoms with van der Waals surface area (Å²) < 4.78 is 7.24. The van der Waals surface area contributed by atoms with E-state index in [-0.39, 0.29) is 0 Å². The lowest BCUT2D eigenvalue weighted by atomic mass is 10.3. The fourth-order valence-corrected chi connectivity index (χ4v) is 1.61. The SMILES string of the molecule is CC(C)NCc1cn(C2CCOC2)nn1. The van der Waals surface area contributed by atoms with Gasteiger partial charge in [-0.1, -0.05) is 19.1 Å². The van der Waals surface area contributed by atoms with E-state index >= 15 is 0 Å². The second kappa shape index (κ2) is 4.72. The summed E-state index contributed by atoms with van der Waals surface area (Å²) in [5.74, 6) is 0. The molecule has 0 saturated carbocycles. The van der Waals surface area contributed by atoms with Gasteiger partial charge in [0.1, 0.15) is 0 Å². The maximum absolute atomic E-state index is 5.31. The van der Waals surface area contributed by atoms with Crippen molar-refractivity contribution in [1.29, 1.82) is 0 Å². The van der Waals surface area contributed by atoms with E-state index in [1.807, 2.05) is 10.9 Å². The first-order chi connectivity index (χ1) is 7.25. The molecule has 0 bridgehead atoms. The molecule has 1 aromatic rings. The third-order valence-corrected chi connectivity index (χ3v) is 2.53. The Morgan fingerprint density at radius 1 is 1.67 bits per heavy atom. The van der Waals surface area contributed by atoms with Crippen LogP contribution in [0.25, 0.3) is 0 Å². The number of hydrogen-bond acceptors (Lipinski definition) is 4. The van der Waals surface area contributed by atoms with Crippen LogP contribution in [0, 0.1) is 0 Å². The van der Waals surface area contributed by atoms with Crippen LogP contribution in [-0.4, -0.2) is 34.2 Å². The van der Waals surface area contributed by atoms with Crippen LogP contribution in [-0.2, 0) is 11.3 Å². The monoisotopic (exact) mass is 210 g/mol. The number of rotatable bonds is 4. The van der Waals surface area contributed by atoms with Crippen LogP contribution in [0.1, 0.15) is 32.0 Å². The topological polar surface area (TPSA) is 52.0 Å². The quantitative estimate of drug-likeness (QED) is 0.796. The van der Waals surface area contributed by atoms with Gasteiger partial charge in [-0.3, -0.25) is 0 Å². The number of nitrogens with zero attached hydrogens (tertiary/aromatic N) is 3. The van der Waals surface area contributed by atoms with Crippen molar-refractivity contribution in [2.45, 2.75) is 38.9 Å². The molecule has 5 heteroatoms. The predicted octanol–water partition coefficient (Wildman–Crippen LogP) is 0.737. The van der Waals surface area contributed by atoms with E-state index in [2.05, 4.69) is 29.5 Å². The Labute approximate surface area is 89.8 Å². The van der Waals surface area contributed by atoms with Crippen LogP contribution in [0.15, 0.2) is 6.20 Å². The second-order valence-corrected chi connectivity index (χ2v) is 4.24. The molecule has 1 fully saturated rings. The van der Waals surface area contributed by atoms with E-state index in [0.717, 1.165) is 31.9 Å². The molecule has 1 saturated heterocycles. The smallest absolute Gasteiger partial charge is 0.0965 e. The van der Waals surface area contributed by atoms with Crippen LogP contribution in [0.3, 0.4) is 0 Å². The zero-order valence-corrected chi connectivity index (χ0v) is 9.31. The van der Waals surface area contributed by atoms with Gasteiger partial charge in [0.05, 0.1) is 24.5 Å². The molecule has 0 aliphatic carbocycles. The lowest BCUT2D eigenvalue weighted by molar-refractivity contribution is 0.184. The minimum atomic E-state index is 0.380. The maximum atomic E-state index is 5.31. The minimum Gasteiger partial charge on any atom is -0.379 e. The van der Waals surface area contributed by atoms with Crippen molar-refractivity contribution in [3.05, 3.63) is 11.9 Å². The summed E-state index contributed by atoms with van der Waals surface area (Å²) in [6.07, 6.45) is 3.05. The summed E-state index contributed by atoms with van der Waals surface area (Å²) in [4.78, 5) is 0. The molecule has 1 aliphatic heterocycles. The van der Waals surface area contributed by atoms with E-state index in [1.165, 1.54) is 0 Å². The van der Waals surface area contributed by atoms with Crippen molar-refractivity contribution in [3.8, 4) is 0 Å². The van der Waals surface area contributed by atoms with Gasteiger partial charge in [0, 0.05) is 19.2 Å². The molecule has 2 heterocycles. The first-order valence-corrected chi connectivity index (χ1v) is 5.47. The fraction of sp³-hybridized carbons (Fsp3) is 0.800. The number of aromatic nitrogens is 3. The van der Waals surface area contributed by atoms with Crippen LogP contribution in [0.2, 0.25) is 0 Å². The van der Waals surface area contributed by atoms with Gasteiger partial charge in [-0.2, -0.15) is 0 Å². The molecule has 2 rings (SSSR count). The highest BCUT2D eigenvalue weighted by Crippen LogP contribution is 2.17. The Bertz CT molecular complexity index is 304. The molecule has 0 amide bonds. The Kier molecular flexibility index (Phi) is 3.33. The summed E-state index contributed by atoms with van der Waals surface area (Å²) in [6.45, 7) is 6.63. The molecular formula is C10H18N4O. The van der Waals surface area contributed by atoms with Crippen LogP contribution < -0.4 is 5.32 Å². The second-order valence-electron chi connectivity index (χ2n) is 4.24. The first-order valence-electron chi connectivity index (χ1n) is 5.47. The summed E-state index contributed by atoms with van der Waals surface area (Å²) in [5, 5.41) is 11.6. The number of ether oxygens (including phenoxy) is 1. The molecule has 5 nitrogen and oxygen atoms in total. The Morgan fingerprint density at radius 3 is 3.20 bits per heavy atom. The lowest BCUT2D eigenvalue weighted by Crippen LogP contribution is -2.22. The zero-order valence-electron chi connectivity index (χ0n) is 9.31. The van der Waals surface area contributed by atoms with Gasteiger partial charge in [-0.25, -0.2) is 4.68 Å². The van der Waals surface area contributed by atoms with Crippen molar-refractivity contribution in [1.82, 2.24) is 20.3 Å². The van der Waals surface area contributed by atoms with Gasteiger partial charge in [0.2, 0.25) is 0 Å². The molecule has 0 radical (unpaired) electrons. The summed E-state index contributed by atoms with van der Waals surface area (Å²) in [5.41, 5.74) is 0.996. The van der Waals surface area contributed by atoms with Gasteiger partial charge in [-0.15, -0.1) is 5.10 Å².